The Morgan fingerprint density at radius 3 is 2.94 bits per heavy atom. The van der Waals surface area contributed by atoms with Crippen LogP contribution in [0.3, 0.4) is 0 Å². The van der Waals surface area contributed by atoms with Gasteiger partial charge in [-0.25, -0.2) is 4.98 Å². The van der Waals surface area contributed by atoms with E-state index in [1.807, 2.05) is 11.6 Å². The molecule has 2 aromatic heterocycles. The van der Waals surface area contributed by atoms with E-state index in [1.54, 1.807) is 17.5 Å². The predicted molar refractivity (Wildman–Crippen MR) is 70.8 cm³/mol. The minimum Gasteiger partial charge on any atom is -0.321 e. The number of nitrogens with one attached hydrogen (secondary N) is 1. The molecule has 0 aliphatic carbocycles. The fourth-order valence-electron chi connectivity index (χ4n) is 1.34. The van der Waals surface area contributed by atoms with Gasteiger partial charge in [0.15, 0.2) is 0 Å². The number of halogens is 2. The molecule has 86 valence electrons. The van der Waals surface area contributed by atoms with E-state index in [-0.39, 0.29) is 0 Å². The molecular formula is C10H11BrClN3S. The van der Waals surface area contributed by atoms with E-state index in [2.05, 4.69) is 37.7 Å². The molecule has 0 atom stereocenters. The Kier molecular flexibility index (Phi) is 4.02. The van der Waals surface area contributed by atoms with Crippen molar-refractivity contribution < 1.29 is 0 Å². The maximum atomic E-state index is 5.85. The summed E-state index contributed by atoms with van der Waals surface area (Å²) in [4.78, 5) is 5.33. The second-order valence-corrected chi connectivity index (χ2v) is 5.57. The molecule has 0 spiro atoms. The number of rotatable bonds is 4. The average molecular weight is 321 g/mol. The first-order valence-corrected chi connectivity index (χ1v) is 6.82. The summed E-state index contributed by atoms with van der Waals surface area (Å²) in [6.07, 6.45) is 1.79. The molecule has 0 aliphatic heterocycles. The molecule has 0 amide bonds. The van der Waals surface area contributed by atoms with Crippen LogP contribution in [0.2, 0.25) is 5.28 Å². The van der Waals surface area contributed by atoms with Gasteiger partial charge < -0.3 is 9.88 Å². The van der Waals surface area contributed by atoms with Crippen LogP contribution in [0.4, 0.5) is 0 Å². The van der Waals surface area contributed by atoms with Gasteiger partial charge in [0, 0.05) is 29.5 Å². The fourth-order valence-corrected chi connectivity index (χ4v) is 2.96. The fraction of sp³-hybridized carbons (Fsp3) is 0.300. The van der Waals surface area contributed by atoms with Crippen LogP contribution in [-0.4, -0.2) is 9.55 Å². The molecule has 2 aromatic rings. The van der Waals surface area contributed by atoms with Crippen LogP contribution in [0.5, 0.6) is 0 Å². The summed E-state index contributed by atoms with van der Waals surface area (Å²) in [5, 5.41) is 5.95. The summed E-state index contributed by atoms with van der Waals surface area (Å²) in [7, 11) is 1.91. The highest BCUT2D eigenvalue weighted by atomic mass is 79.9. The standard InChI is InChI=1S/C10H11BrClN3S/c1-15-7(5-14-10(15)12)4-13-6-9-8(11)2-3-16-9/h2-3,5,13H,4,6H2,1H3. The van der Waals surface area contributed by atoms with Crippen LogP contribution >= 0.6 is 38.9 Å². The zero-order chi connectivity index (χ0) is 11.5. The third-order valence-electron chi connectivity index (χ3n) is 2.31. The Morgan fingerprint density at radius 1 is 1.56 bits per heavy atom. The normalized spacial score (nSPS) is 10.9. The molecule has 2 rings (SSSR count). The van der Waals surface area contributed by atoms with E-state index < -0.39 is 0 Å². The third-order valence-corrected chi connectivity index (χ3v) is 4.59. The van der Waals surface area contributed by atoms with E-state index in [1.165, 1.54) is 4.88 Å². The van der Waals surface area contributed by atoms with Gasteiger partial charge in [-0.3, -0.25) is 0 Å². The molecule has 0 fully saturated rings. The van der Waals surface area contributed by atoms with Crippen LogP contribution in [0.15, 0.2) is 22.1 Å². The molecule has 6 heteroatoms. The van der Waals surface area contributed by atoms with Crippen molar-refractivity contribution in [2.45, 2.75) is 13.1 Å². The van der Waals surface area contributed by atoms with E-state index in [0.717, 1.165) is 23.3 Å². The van der Waals surface area contributed by atoms with Gasteiger partial charge in [-0.05, 0) is 39.0 Å². The predicted octanol–water partition coefficient (Wildman–Crippen LogP) is 3.19. The van der Waals surface area contributed by atoms with Gasteiger partial charge in [0.1, 0.15) is 0 Å². The van der Waals surface area contributed by atoms with Crippen molar-refractivity contribution in [3.05, 3.63) is 38.0 Å². The highest BCUT2D eigenvalue weighted by Gasteiger charge is 2.04. The van der Waals surface area contributed by atoms with Crippen molar-refractivity contribution in [1.29, 1.82) is 0 Å². The zero-order valence-corrected chi connectivity index (χ0v) is 11.9. The van der Waals surface area contributed by atoms with E-state index in [0.29, 0.717) is 5.28 Å². The molecule has 0 saturated heterocycles. The van der Waals surface area contributed by atoms with E-state index in [9.17, 15) is 0 Å². The van der Waals surface area contributed by atoms with Crippen molar-refractivity contribution in [2.75, 3.05) is 0 Å². The van der Waals surface area contributed by atoms with Crippen LogP contribution in [-0.2, 0) is 20.1 Å². The molecule has 0 radical (unpaired) electrons. The monoisotopic (exact) mass is 319 g/mol. The number of hydrogen-bond donors (Lipinski definition) is 1. The summed E-state index contributed by atoms with van der Waals surface area (Å²) >= 11 is 11.1. The van der Waals surface area contributed by atoms with Gasteiger partial charge in [-0.1, -0.05) is 0 Å². The molecule has 1 N–H and O–H groups in total. The molecular weight excluding hydrogens is 310 g/mol. The summed E-state index contributed by atoms with van der Waals surface area (Å²) in [5.74, 6) is 0. The van der Waals surface area contributed by atoms with E-state index in [4.69, 9.17) is 11.6 Å². The molecule has 0 bridgehead atoms. The topological polar surface area (TPSA) is 29.9 Å². The largest absolute Gasteiger partial charge is 0.321 e. The second-order valence-electron chi connectivity index (χ2n) is 3.37. The molecule has 0 aliphatic rings. The smallest absolute Gasteiger partial charge is 0.202 e. The van der Waals surface area contributed by atoms with Gasteiger partial charge >= 0.3 is 0 Å². The lowest BCUT2D eigenvalue weighted by molar-refractivity contribution is 0.660. The lowest BCUT2D eigenvalue weighted by atomic mass is 10.4. The highest BCUT2D eigenvalue weighted by Crippen LogP contribution is 2.22. The van der Waals surface area contributed by atoms with E-state index >= 15 is 0 Å². The van der Waals surface area contributed by atoms with Crippen LogP contribution in [0, 0.1) is 0 Å². The van der Waals surface area contributed by atoms with Crippen molar-refractivity contribution in [1.82, 2.24) is 14.9 Å². The quantitative estimate of drug-likeness (QED) is 0.937. The second kappa shape index (κ2) is 5.31. The van der Waals surface area contributed by atoms with Gasteiger partial charge in [0.2, 0.25) is 5.28 Å². The molecule has 3 nitrogen and oxygen atoms in total. The van der Waals surface area contributed by atoms with Crippen molar-refractivity contribution in [3.8, 4) is 0 Å². The Balaban J connectivity index is 1.89. The Morgan fingerprint density at radius 2 is 2.38 bits per heavy atom. The molecule has 2 heterocycles. The molecule has 0 aromatic carbocycles. The molecule has 0 saturated carbocycles. The summed E-state index contributed by atoms with van der Waals surface area (Å²) in [5.41, 5.74) is 1.08. The van der Waals surface area contributed by atoms with Crippen LogP contribution in [0.1, 0.15) is 10.6 Å². The first-order chi connectivity index (χ1) is 7.68. The van der Waals surface area contributed by atoms with Gasteiger partial charge in [-0.15, -0.1) is 11.3 Å². The van der Waals surface area contributed by atoms with Gasteiger partial charge in [-0.2, -0.15) is 0 Å². The number of nitrogens with zero attached hydrogens (tertiary/aromatic N) is 2. The van der Waals surface area contributed by atoms with Gasteiger partial charge in [0.25, 0.3) is 0 Å². The SMILES string of the molecule is Cn1c(CNCc2sccc2Br)cnc1Cl. The minimum absolute atomic E-state index is 0.522. The minimum atomic E-state index is 0.522. The lowest BCUT2D eigenvalue weighted by Crippen LogP contribution is -2.14. The Bertz CT molecular complexity index is 480. The first kappa shape index (κ1) is 12.1. The maximum absolute atomic E-state index is 5.85. The van der Waals surface area contributed by atoms with Crippen LogP contribution < -0.4 is 5.32 Å². The summed E-state index contributed by atoms with van der Waals surface area (Å²) < 4.78 is 3.03. The van der Waals surface area contributed by atoms with Crippen molar-refractivity contribution in [2.24, 2.45) is 7.05 Å². The summed E-state index contributed by atoms with van der Waals surface area (Å²) in [6, 6.07) is 2.06. The maximum Gasteiger partial charge on any atom is 0.202 e. The molecule has 0 unspecified atom stereocenters. The highest BCUT2D eigenvalue weighted by molar-refractivity contribution is 9.10. The van der Waals surface area contributed by atoms with Crippen LogP contribution in [0.25, 0.3) is 0 Å². The number of aromatic nitrogens is 2. The third kappa shape index (κ3) is 2.66. The summed E-state index contributed by atoms with van der Waals surface area (Å²) in [6.45, 7) is 1.61. The van der Waals surface area contributed by atoms with Crippen molar-refractivity contribution in [3.63, 3.8) is 0 Å². The Hall–Kier alpha value is -0.360. The van der Waals surface area contributed by atoms with Gasteiger partial charge in [0.05, 0.1) is 11.9 Å². The zero-order valence-electron chi connectivity index (χ0n) is 8.70. The number of thiophene rings is 1. The van der Waals surface area contributed by atoms with Crippen molar-refractivity contribution >= 4 is 38.9 Å². The number of hydrogen-bond acceptors (Lipinski definition) is 3. The number of imidazole rings is 1. The first-order valence-electron chi connectivity index (χ1n) is 4.77. The lowest BCUT2D eigenvalue weighted by Gasteiger charge is -2.04. The average Bonchev–Trinajstić information content (AvgIpc) is 2.80. The Labute approximate surface area is 112 Å². The molecule has 16 heavy (non-hydrogen) atoms.